The van der Waals surface area contributed by atoms with Gasteiger partial charge in [0, 0.05) is 33.2 Å². The highest BCUT2D eigenvalue weighted by Crippen LogP contribution is 2.28. The summed E-state index contributed by atoms with van der Waals surface area (Å²) >= 11 is 0. The summed E-state index contributed by atoms with van der Waals surface area (Å²) in [4.78, 5) is 27.4. The number of anilines is 1. The average Bonchev–Trinajstić information content (AvgIpc) is 3.28. The Hall–Kier alpha value is -2.13. The number of nitrogens with one attached hydrogen (secondary N) is 1. The number of hydrogen-bond acceptors (Lipinski definition) is 6. The smallest absolute Gasteiger partial charge is 0.340 e. The molecule has 0 atom stereocenters. The maximum Gasteiger partial charge on any atom is 0.340 e. The summed E-state index contributed by atoms with van der Waals surface area (Å²) in [6.45, 7) is 1.21. The lowest BCUT2D eigenvalue weighted by Gasteiger charge is -2.22. The van der Waals surface area contributed by atoms with Gasteiger partial charge in [0.2, 0.25) is 10.0 Å². The van der Waals surface area contributed by atoms with E-state index in [1.165, 1.54) is 45.5 Å². The van der Waals surface area contributed by atoms with E-state index in [-0.39, 0.29) is 29.0 Å². The van der Waals surface area contributed by atoms with Crippen LogP contribution >= 0.6 is 0 Å². The first-order chi connectivity index (χ1) is 15.3. The third kappa shape index (κ3) is 6.22. The quantitative estimate of drug-likeness (QED) is 0.622. The van der Waals surface area contributed by atoms with Crippen molar-refractivity contribution in [1.29, 1.82) is 0 Å². The largest absolute Gasteiger partial charge is 0.452 e. The molecule has 0 radical (unpaired) electrons. The molecule has 32 heavy (non-hydrogen) atoms. The van der Waals surface area contributed by atoms with Crippen molar-refractivity contribution >= 4 is 27.6 Å². The normalized spacial score (nSPS) is 18.3. The van der Waals surface area contributed by atoms with Gasteiger partial charge >= 0.3 is 5.97 Å². The Morgan fingerprint density at radius 1 is 1.03 bits per heavy atom. The number of hydrogen-bond donors (Lipinski definition) is 1. The summed E-state index contributed by atoms with van der Waals surface area (Å²) in [5.41, 5.74) is 0.819. The predicted octanol–water partition coefficient (Wildman–Crippen LogP) is 2.92. The van der Waals surface area contributed by atoms with Gasteiger partial charge in [-0.15, -0.1) is 0 Å². The van der Waals surface area contributed by atoms with Gasteiger partial charge in [0.05, 0.1) is 16.1 Å². The van der Waals surface area contributed by atoms with Gasteiger partial charge in [0.15, 0.2) is 6.61 Å². The van der Waals surface area contributed by atoms with Crippen molar-refractivity contribution in [1.82, 2.24) is 9.62 Å². The molecule has 1 saturated carbocycles. The monoisotopic (exact) mass is 465 g/mol. The minimum Gasteiger partial charge on any atom is -0.452 e. The van der Waals surface area contributed by atoms with Gasteiger partial charge in [-0.3, -0.25) is 4.79 Å². The highest BCUT2D eigenvalue weighted by atomic mass is 32.2. The van der Waals surface area contributed by atoms with Crippen LogP contribution in [0.3, 0.4) is 0 Å². The molecule has 0 aromatic heterocycles. The summed E-state index contributed by atoms with van der Waals surface area (Å²) in [5.74, 6) is -1.00. The van der Waals surface area contributed by atoms with Crippen molar-refractivity contribution in [2.24, 2.45) is 0 Å². The van der Waals surface area contributed by atoms with Gasteiger partial charge in [-0.1, -0.05) is 32.1 Å². The number of ether oxygens (including phenoxy) is 1. The van der Waals surface area contributed by atoms with Crippen LogP contribution in [-0.4, -0.2) is 64.4 Å². The molecule has 1 aliphatic carbocycles. The lowest BCUT2D eigenvalue weighted by molar-refractivity contribution is -0.125. The lowest BCUT2D eigenvalue weighted by Crippen LogP contribution is -2.38. The fraction of sp³-hybridized carbons (Fsp3) is 0.652. The van der Waals surface area contributed by atoms with Crippen LogP contribution in [-0.2, 0) is 19.6 Å². The minimum atomic E-state index is -3.70. The number of esters is 1. The zero-order valence-electron chi connectivity index (χ0n) is 19.1. The van der Waals surface area contributed by atoms with Crippen molar-refractivity contribution in [3.8, 4) is 0 Å². The van der Waals surface area contributed by atoms with Gasteiger partial charge in [0.1, 0.15) is 0 Å². The number of benzene rings is 1. The molecule has 8 nitrogen and oxygen atoms in total. The molecule has 0 bridgehead atoms. The van der Waals surface area contributed by atoms with Crippen LogP contribution in [0.1, 0.15) is 68.1 Å². The second-order valence-corrected chi connectivity index (χ2v) is 11.0. The Morgan fingerprint density at radius 2 is 1.66 bits per heavy atom. The molecule has 0 unspecified atom stereocenters. The first-order valence-electron chi connectivity index (χ1n) is 11.6. The van der Waals surface area contributed by atoms with Gasteiger partial charge in [-0.25, -0.2) is 17.5 Å². The van der Waals surface area contributed by atoms with Crippen molar-refractivity contribution < 1.29 is 22.7 Å². The van der Waals surface area contributed by atoms with Crippen molar-refractivity contribution in [3.63, 3.8) is 0 Å². The van der Waals surface area contributed by atoms with E-state index in [2.05, 4.69) is 10.2 Å². The molecule has 1 amide bonds. The molecule has 1 N–H and O–H groups in total. The molecule has 1 aromatic rings. The third-order valence-corrected chi connectivity index (χ3v) is 8.03. The summed E-state index contributed by atoms with van der Waals surface area (Å²) in [5, 5.41) is 2.98. The molecular formula is C23H35N3O5S. The molecule has 1 aromatic carbocycles. The van der Waals surface area contributed by atoms with Crippen molar-refractivity contribution in [2.45, 2.75) is 68.7 Å². The number of rotatable bonds is 7. The molecule has 1 aliphatic heterocycles. The summed E-state index contributed by atoms with van der Waals surface area (Å²) in [7, 11) is -0.810. The highest BCUT2D eigenvalue weighted by molar-refractivity contribution is 7.89. The number of sulfonamides is 1. The second kappa shape index (κ2) is 11.1. The van der Waals surface area contributed by atoms with E-state index < -0.39 is 16.0 Å². The number of amides is 1. The number of carbonyl (C=O) groups is 2. The highest BCUT2D eigenvalue weighted by Gasteiger charge is 2.26. The van der Waals surface area contributed by atoms with Crippen LogP contribution in [0.5, 0.6) is 0 Å². The summed E-state index contributed by atoms with van der Waals surface area (Å²) in [6.07, 6.45) is 9.73. The first kappa shape index (κ1) is 24.5. The molecule has 1 saturated heterocycles. The summed E-state index contributed by atoms with van der Waals surface area (Å²) in [6, 6.07) is 4.65. The lowest BCUT2D eigenvalue weighted by atomic mass is 9.97. The summed E-state index contributed by atoms with van der Waals surface area (Å²) < 4.78 is 31.6. The van der Waals surface area contributed by atoms with E-state index >= 15 is 0 Å². The second-order valence-electron chi connectivity index (χ2n) is 8.85. The molecule has 2 fully saturated rings. The Bertz CT molecular complexity index is 902. The molecule has 2 aliphatic rings. The third-order valence-electron chi connectivity index (χ3n) is 6.22. The van der Waals surface area contributed by atoms with Crippen LogP contribution in [0.4, 0.5) is 5.69 Å². The predicted molar refractivity (Wildman–Crippen MR) is 123 cm³/mol. The minimum absolute atomic E-state index is 0.0244. The van der Waals surface area contributed by atoms with Gasteiger partial charge in [-0.05, 0) is 43.9 Å². The van der Waals surface area contributed by atoms with E-state index in [0.29, 0.717) is 5.69 Å². The van der Waals surface area contributed by atoms with Crippen LogP contribution in [0.25, 0.3) is 0 Å². The van der Waals surface area contributed by atoms with Crippen LogP contribution < -0.4 is 10.2 Å². The fourth-order valence-corrected chi connectivity index (χ4v) is 5.29. The maximum atomic E-state index is 12.9. The molecule has 1 heterocycles. The average molecular weight is 466 g/mol. The number of nitrogens with zero attached hydrogens (tertiary/aromatic N) is 2. The maximum absolute atomic E-state index is 12.9. The van der Waals surface area contributed by atoms with Crippen molar-refractivity contribution in [3.05, 3.63) is 23.8 Å². The van der Waals surface area contributed by atoms with Crippen LogP contribution in [0.2, 0.25) is 0 Å². The zero-order valence-corrected chi connectivity index (χ0v) is 20.0. The molecule has 0 spiro atoms. The van der Waals surface area contributed by atoms with Gasteiger partial charge in [-0.2, -0.15) is 0 Å². The van der Waals surface area contributed by atoms with Crippen molar-refractivity contribution in [2.75, 3.05) is 38.7 Å². The molecule has 3 rings (SSSR count). The Labute approximate surface area is 191 Å². The SMILES string of the molecule is CN(C)S(=O)(=O)c1ccc(N2CCCC2)c(C(=O)OCC(=O)NC2CCCCCCC2)c1. The Morgan fingerprint density at radius 3 is 2.28 bits per heavy atom. The van der Waals surface area contributed by atoms with Crippen LogP contribution in [0, 0.1) is 0 Å². The van der Waals surface area contributed by atoms with E-state index in [1.807, 2.05) is 0 Å². The van der Waals surface area contributed by atoms with E-state index in [0.717, 1.165) is 55.9 Å². The zero-order chi connectivity index (χ0) is 23.1. The van der Waals surface area contributed by atoms with Gasteiger partial charge in [0.25, 0.3) is 5.91 Å². The first-order valence-corrected chi connectivity index (χ1v) is 13.0. The van der Waals surface area contributed by atoms with E-state index in [1.54, 1.807) is 6.07 Å². The molecular weight excluding hydrogens is 430 g/mol. The van der Waals surface area contributed by atoms with Gasteiger partial charge < -0.3 is 15.0 Å². The van der Waals surface area contributed by atoms with E-state index in [4.69, 9.17) is 4.74 Å². The number of carbonyl (C=O) groups excluding carboxylic acids is 2. The van der Waals surface area contributed by atoms with E-state index in [9.17, 15) is 18.0 Å². The Balaban J connectivity index is 1.71. The topological polar surface area (TPSA) is 96.0 Å². The van der Waals surface area contributed by atoms with Crippen LogP contribution in [0.15, 0.2) is 23.1 Å². The fourth-order valence-electron chi connectivity index (χ4n) is 4.36. The Kier molecular flexibility index (Phi) is 8.53. The molecule has 9 heteroatoms. The molecule has 178 valence electrons. The standard InChI is InChI=1S/C23H35N3O5S/c1-25(2)32(29,30)19-12-13-21(26-14-8-9-15-26)20(16-19)23(28)31-17-22(27)24-18-10-6-4-3-5-7-11-18/h12-13,16,18H,3-11,14-15,17H2,1-2H3,(H,24,27).